The summed E-state index contributed by atoms with van der Waals surface area (Å²) in [4.78, 5) is 127. The second kappa shape index (κ2) is 30.0. The number of likely N-dealkylation sites (N-methyl/N-ethyl adjacent to an activating group) is 4. The molecule has 0 N–H and O–H groups in total. The van der Waals surface area contributed by atoms with Crippen molar-refractivity contribution in [1.82, 2.24) is 19.6 Å². The predicted octanol–water partition coefficient (Wildman–Crippen LogP) is 7.65. The minimum Gasteiger partial charge on any atom is -0.451 e. The summed E-state index contributed by atoms with van der Waals surface area (Å²) in [6.07, 6.45) is 1.05. The molecule has 444 valence electrons. The van der Waals surface area contributed by atoms with Crippen LogP contribution in [-0.2, 0) is 70.1 Å². The highest BCUT2D eigenvalue weighted by molar-refractivity contribution is 5.94. The molecule has 4 amide bonds. The van der Waals surface area contributed by atoms with Crippen LogP contribution in [-0.4, -0.2) is 170 Å². The summed E-state index contributed by atoms with van der Waals surface area (Å²) in [5.41, 5.74) is 3.41. The van der Waals surface area contributed by atoms with Crippen LogP contribution in [0.4, 0.5) is 11.4 Å². The molecule has 18 heteroatoms. The second-order valence-corrected chi connectivity index (χ2v) is 24.2. The average Bonchev–Trinajstić information content (AvgIpc) is 3.44. The van der Waals surface area contributed by atoms with Crippen LogP contribution in [0.1, 0.15) is 145 Å². The molecule has 0 aromatic heterocycles. The van der Waals surface area contributed by atoms with E-state index in [1.54, 1.807) is 0 Å². The van der Waals surface area contributed by atoms with Crippen LogP contribution >= 0.6 is 0 Å². The van der Waals surface area contributed by atoms with E-state index in [1.807, 2.05) is 104 Å². The van der Waals surface area contributed by atoms with Gasteiger partial charge in [0.05, 0.1) is 0 Å². The number of amides is 4. The molecule has 80 heavy (non-hydrogen) atoms. The van der Waals surface area contributed by atoms with Crippen LogP contribution in [0.5, 0.6) is 0 Å². The topological polar surface area (TPSA) is 193 Å². The predicted molar refractivity (Wildman–Crippen MR) is 307 cm³/mol. The Labute approximate surface area is 476 Å². The number of anilines is 2. The molecule has 0 radical (unpaired) electrons. The van der Waals surface area contributed by atoms with Gasteiger partial charge in [0.15, 0.2) is 24.4 Å². The van der Waals surface area contributed by atoms with Crippen molar-refractivity contribution in [2.45, 2.75) is 195 Å². The zero-order valence-corrected chi connectivity index (χ0v) is 50.4. The van der Waals surface area contributed by atoms with Crippen LogP contribution in [0.15, 0.2) is 48.5 Å². The molecular formula is C62H94N6O12. The third-order valence-electron chi connectivity index (χ3n) is 15.6. The first-order chi connectivity index (χ1) is 37.8. The number of cyclic esters (lactones) is 4. The van der Waals surface area contributed by atoms with E-state index >= 15 is 9.59 Å². The molecule has 8 atom stereocenters. The summed E-state index contributed by atoms with van der Waals surface area (Å²) >= 11 is 0. The highest BCUT2D eigenvalue weighted by atomic mass is 16.6. The number of piperidine rings is 2. The zero-order chi connectivity index (χ0) is 59.1. The van der Waals surface area contributed by atoms with Gasteiger partial charge in [-0.1, -0.05) is 79.7 Å². The Hall–Kier alpha value is -6.20. The Morgan fingerprint density at radius 2 is 0.625 bits per heavy atom. The summed E-state index contributed by atoms with van der Waals surface area (Å²) in [6, 6.07) is 10.4. The first-order valence-corrected chi connectivity index (χ1v) is 29.3. The van der Waals surface area contributed by atoms with Gasteiger partial charge in [0.25, 0.3) is 23.6 Å². The SMILES string of the molecule is CC(C)C[C@H]1C(=O)O[C@H](Cc2ccc(N3CCCCC3)cc2)C(=O)N(C)[C@@H](CC(C)C)C(=O)O[C@H](C)C(=O)N(C)[C@@H](CC(C)C)C(=O)O[C@H](Cc2ccc(N3CCCCC3)cc2)C(=O)N(C)[C@@H](CC(C)C)C(=O)O[C@H](C)C(=O)N1C. The lowest BCUT2D eigenvalue weighted by Crippen LogP contribution is -2.55. The molecule has 2 aromatic carbocycles. The van der Waals surface area contributed by atoms with Gasteiger partial charge in [-0.25, -0.2) is 19.2 Å². The van der Waals surface area contributed by atoms with Gasteiger partial charge in [0.1, 0.15) is 24.2 Å². The third-order valence-corrected chi connectivity index (χ3v) is 15.6. The standard InChI is InChI=1S/C62H94N6O12/c1-39(2)33-49-59(73)77-43(9)55(69)63(11)52(36-42(7)8)62(76)80-54(38-46-23-27-48(28-24-46)68-31-19-16-20-32-68)58(72)66(14)50(34-40(3)4)60(74)78-44(10)56(70)64(12)51(35-41(5)6)61(75)79-53(57(71)65(49)13)37-45-21-25-47(26-22-45)67-29-17-15-18-30-67/h21-28,39-44,49-54H,15-20,29-38H2,1-14H3/t43-,44-,49+,50+,51+,52+,53-,54-/m1/s1. The first kappa shape index (κ1) is 64.6. The molecule has 2 aromatic rings. The van der Waals surface area contributed by atoms with Gasteiger partial charge in [-0.15, -0.1) is 0 Å². The highest BCUT2D eigenvalue weighted by Crippen LogP contribution is 2.27. The minimum absolute atomic E-state index is 0.0823. The number of hydrogen-bond acceptors (Lipinski definition) is 14. The lowest BCUT2D eigenvalue weighted by Gasteiger charge is -2.35. The van der Waals surface area contributed by atoms with Gasteiger partial charge >= 0.3 is 23.9 Å². The van der Waals surface area contributed by atoms with Crippen molar-refractivity contribution in [3.8, 4) is 0 Å². The van der Waals surface area contributed by atoms with E-state index < -0.39 is 96.1 Å². The van der Waals surface area contributed by atoms with E-state index in [-0.39, 0.29) is 62.2 Å². The second-order valence-electron chi connectivity index (χ2n) is 24.2. The zero-order valence-electron chi connectivity index (χ0n) is 50.4. The van der Waals surface area contributed by atoms with E-state index in [0.717, 1.165) is 73.0 Å². The van der Waals surface area contributed by atoms with Crippen molar-refractivity contribution in [1.29, 1.82) is 0 Å². The normalized spacial score (nSPS) is 25.6. The third kappa shape index (κ3) is 17.9. The van der Waals surface area contributed by atoms with Gasteiger partial charge in [0.2, 0.25) is 0 Å². The molecule has 3 fully saturated rings. The van der Waals surface area contributed by atoms with Crippen molar-refractivity contribution in [3.05, 3.63) is 59.7 Å². The van der Waals surface area contributed by atoms with Crippen molar-refractivity contribution >= 4 is 58.9 Å². The largest absolute Gasteiger partial charge is 0.451 e. The maximum absolute atomic E-state index is 15.0. The number of carbonyl (C=O) groups excluding carboxylic acids is 8. The lowest BCUT2D eigenvalue weighted by molar-refractivity contribution is -0.176. The maximum atomic E-state index is 15.0. The fourth-order valence-corrected chi connectivity index (χ4v) is 10.9. The van der Waals surface area contributed by atoms with E-state index in [9.17, 15) is 28.8 Å². The Morgan fingerprint density at radius 1 is 0.375 bits per heavy atom. The molecule has 0 bridgehead atoms. The number of hydrogen-bond donors (Lipinski definition) is 0. The summed E-state index contributed by atoms with van der Waals surface area (Å²) in [7, 11) is 5.67. The number of rotatable bonds is 14. The molecule has 18 nitrogen and oxygen atoms in total. The molecule has 3 saturated heterocycles. The fourth-order valence-electron chi connectivity index (χ4n) is 10.9. The molecule has 0 unspecified atom stereocenters. The summed E-state index contributed by atoms with van der Waals surface area (Å²) in [5, 5.41) is 0. The monoisotopic (exact) mass is 1110 g/mol. The van der Waals surface area contributed by atoms with E-state index in [4.69, 9.17) is 18.9 Å². The summed E-state index contributed by atoms with van der Waals surface area (Å²) in [5.74, 6) is -7.08. The maximum Gasteiger partial charge on any atom is 0.329 e. The molecular weight excluding hydrogens is 1020 g/mol. The number of benzene rings is 2. The molecule has 3 heterocycles. The molecule has 3 aliphatic rings. The van der Waals surface area contributed by atoms with Crippen LogP contribution in [0.3, 0.4) is 0 Å². The van der Waals surface area contributed by atoms with Gasteiger partial charge in [-0.2, -0.15) is 0 Å². The molecule has 5 rings (SSSR count). The quantitative estimate of drug-likeness (QED) is 0.132. The molecule has 0 aliphatic carbocycles. The fraction of sp³-hybridized carbons (Fsp3) is 0.677. The van der Waals surface area contributed by atoms with Gasteiger partial charge in [-0.05, 0) is 137 Å². The highest BCUT2D eigenvalue weighted by Gasteiger charge is 2.43. The van der Waals surface area contributed by atoms with E-state index in [2.05, 4.69) is 9.80 Å². The van der Waals surface area contributed by atoms with Crippen LogP contribution < -0.4 is 9.80 Å². The number of nitrogens with zero attached hydrogens (tertiary/aromatic N) is 6. The smallest absolute Gasteiger partial charge is 0.329 e. The summed E-state index contributed by atoms with van der Waals surface area (Å²) in [6.45, 7) is 21.4. The van der Waals surface area contributed by atoms with Crippen LogP contribution in [0, 0.1) is 23.7 Å². The van der Waals surface area contributed by atoms with Crippen molar-refractivity contribution in [2.24, 2.45) is 23.7 Å². The lowest BCUT2D eigenvalue weighted by atomic mass is 9.99. The van der Waals surface area contributed by atoms with Crippen molar-refractivity contribution in [3.63, 3.8) is 0 Å². The van der Waals surface area contributed by atoms with Crippen molar-refractivity contribution < 1.29 is 57.3 Å². The first-order valence-electron chi connectivity index (χ1n) is 29.3. The number of ether oxygens (including phenoxy) is 4. The Balaban J connectivity index is 1.59. The Morgan fingerprint density at radius 3 is 0.887 bits per heavy atom. The van der Waals surface area contributed by atoms with Crippen LogP contribution in [0.2, 0.25) is 0 Å². The Kier molecular flexibility index (Phi) is 24.3. The van der Waals surface area contributed by atoms with Gasteiger partial charge < -0.3 is 48.3 Å². The number of esters is 4. The van der Waals surface area contributed by atoms with Crippen molar-refractivity contribution in [2.75, 3.05) is 64.2 Å². The minimum atomic E-state index is -1.49. The molecule has 3 aliphatic heterocycles. The van der Waals surface area contributed by atoms with E-state index in [1.165, 1.54) is 64.7 Å². The number of carbonyl (C=O) groups is 8. The Bertz CT molecular complexity index is 2220. The van der Waals surface area contributed by atoms with E-state index in [0.29, 0.717) is 11.1 Å². The van der Waals surface area contributed by atoms with Crippen LogP contribution in [0.25, 0.3) is 0 Å². The van der Waals surface area contributed by atoms with Gasteiger partial charge in [-0.3, -0.25) is 19.2 Å². The molecule has 0 saturated carbocycles. The average molecular weight is 1120 g/mol. The van der Waals surface area contributed by atoms with Gasteiger partial charge in [0, 0.05) is 78.6 Å². The molecule has 0 spiro atoms. The summed E-state index contributed by atoms with van der Waals surface area (Å²) < 4.78 is 24.3.